The molecule has 0 fully saturated rings. The summed E-state index contributed by atoms with van der Waals surface area (Å²) in [6, 6.07) is 2.98. The third-order valence-electron chi connectivity index (χ3n) is 1.18. The van der Waals surface area contributed by atoms with E-state index in [1.807, 2.05) is 13.8 Å². The summed E-state index contributed by atoms with van der Waals surface area (Å²) in [6.45, 7) is 4.48. The van der Waals surface area contributed by atoms with E-state index in [1.54, 1.807) is 19.3 Å². The van der Waals surface area contributed by atoms with Crippen molar-refractivity contribution in [2.75, 3.05) is 7.05 Å². The Labute approximate surface area is 72.8 Å². The van der Waals surface area contributed by atoms with Gasteiger partial charge in [-0.15, -0.1) is 0 Å². The van der Waals surface area contributed by atoms with E-state index in [9.17, 15) is 4.39 Å². The van der Waals surface area contributed by atoms with Crippen LogP contribution in [-0.2, 0) is 6.54 Å². The normalized spacial score (nSPS) is 8.67. The van der Waals surface area contributed by atoms with Crippen LogP contribution in [0, 0.1) is 5.82 Å². The number of nitrogens with one attached hydrogen (secondary N) is 1. The van der Waals surface area contributed by atoms with Crippen molar-refractivity contribution in [2.45, 2.75) is 20.4 Å². The molecule has 0 saturated heterocycles. The highest BCUT2D eigenvalue weighted by Crippen LogP contribution is 2.00. The van der Waals surface area contributed by atoms with Gasteiger partial charge in [0.25, 0.3) is 0 Å². The number of pyridine rings is 1. The molecule has 1 aromatic rings. The van der Waals surface area contributed by atoms with Gasteiger partial charge in [0.1, 0.15) is 5.82 Å². The summed E-state index contributed by atoms with van der Waals surface area (Å²) < 4.78 is 12.7. The molecule has 2 nitrogen and oxygen atoms in total. The molecule has 0 saturated carbocycles. The quantitative estimate of drug-likeness (QED) is 0.734. The summed E-state index contributed by atoms with van der Waals surface area (Å²) in [5, 5.41) is 2.82. The van der Waals surface area contributed by atoms with Gasteiger partial charge in [0.15, 0.2) is 0 Å². The van der Waals surface area contributed by atoms with Gasteiger partial charge < -0.3 is 5.32 Å². The molecular formula is C9H15FN2. The van der Waals surface area contributed by atoms with Crippen LogP contribution in [0.1, 0.15) is 19.5 Å². The van der Waals surface area contributed by atoms with Crippen LogP contribution < -0.4 is 5.32 Å². The van der Waals surface area contributed by atoms with Gasteiger partial charge in [-0.3, -0.25) is 4.98 Å². The lowest BCUT2D eigenvalue weighted by atomic mass is 10.3. The third-order valence-corrected chi connectivity index (χ3v) is 1.18. The average Bonchev–Trinajstić information content (AvgIpc) is 2.13. The third kappa shape index (κ3) is 3.44. The van der Waals surface area contributed by atoms with E-state index >= 15 is 0 Å². The predicted octanol–water partition coefficient (Wildman–Crippen LogP) is 1.97. The van der Waals surface area contributed by atoms with E-state index in [-0.39, 0.29) is 5.82 Å². The maximum atomic E-state index is 12.7. The highest BCUT2D eigenvalue weighted by Gasteiger charge is 1.97. The van der Waals surface area contributed by atoms with E-state index in [2.05, 4.69) is 10.3 Å². The Morgan fingerprint density at radius 3 is 2.67 bits per heavy atom. The molecule has 1 rings (SSSR count). The Balaban J connectivity index is 0.000000561. The number of halogens is 1. The Morgan fingerprint density at radius 2 is 2.17 bits per heavy atom. The van der Waals surface area contributed by atoms with E-state index < -0.39 is 0 Å². The fourth-order valence-corrected chi connectivity index (χ4v) is 0.716. The summed E-state index contributed by atoms with van der Waals surface area (Å²) in [7, 11) is 1.76. The Kier molecular flexibility index (Phi) is 6.19. The van der Waals surface area contributed by atoms with Crippen molar-refractivity contribution in [3.8, 4) is 0 Å². The molecule has 12 heavy (non-hydrogen) atoms. The molecule has 0 unspecified atom stereocenters. The number of rotatable bonds is 2. The van der Waals surface area contributed by atoms with Crippen LogP contribution in [0.2, 0.25) is 0 Å². The molecule has 0 spiro atoms. The van der Waals surface area contributed by atoms with E-state index in [4.69, 9.17) is 0 Å². The van der Waals surface area contributed by atoms with Crippen LogP contribution in [0.4, 0.5) is 4.39 Å². The summed E-state index contributed by atoms with van der Waals surface area (Å²) in [4.78, 5) is 3.83. The van der Waals surface area contributed by atoms with Gasteiger partial charge in [-0.2, -0.15) is 0 Å². The molecule has 0 aliphatic carbocycles. The second kappa shape index (κ2) is 6.73. The number of hydrogen-bond acceptors (Lipinski definition) is 2. The van der Waals surface area contributed by atoms with Crippen LogP contribution in [0.3, 0.4) is 0 Å². The van der Waals surface area contributed by atoms with Crippen LogP contribution in [-0.4, -0.2) is 12.0 Å². The first-order valence-electron chi connectivity index (χ1n) is 4.08. The van der Waals surface area contributed by atoms with Crippen molar-refractivity contribution >= 4 is 0 Å². The molecule has 0 amide bonds. The molecule has 1 N–H and O–H groups in total. The maximum absolute atomic E-state index is 12.7. The molecule has 0 aliphatic heterocycles. The minimum Gasteiger partial charge on any atom is -0.314 e. The molecule has 3 heteroatoms. The van der Waals surface area contributed by atoms with Crippen molar-refractivity contribution in [1.29, 1.82) is 0 Å². The smallest absolute Gasteiger partial charge is 0.146 e. The van der Waals surface area contributed by atoms with Crippen LogP contribution in [0.5, 0.6) is 0 Å². The number of hydrogen-bond donors (Lipinski definition) is 1. The second-order valence-corrected chi connectivity index (χ2v) is 1.96. The topological polar surface area (TPSA) is 24.9 Å². The zero-order chi connectivity index (χ0) is 9.40. The van der Waals surface area contributed by atoms with Crippen molar-refractivity contribution in [3.63, 3.8) is 0 Å². The second-order valence-electron chi connectivity index (χ2n) is 1.96. The lowest BCUT2D eigenvalue weighted by Crippen LogP contribution is -2.08. The first-order chi connectivity index (χ1) is 5.84. The Bertz CT molecular complexity index is 213. The molecule has 0 aliphatic rings. The van der Waals surface area contributed by atoms with Crippen LogP contribution >= 0.6 is 0 Å². The molecule has 1 aromatic heterocycles. The molecule has 68 valence electrons. The maximum Gasteiger partial charge on any atom is 0.146 e. The van der Waals surface area contributed by atoms with Gasteiger partial charge in [-0.1, -0.05) is 13.8 Å². The zero-order valence-corrected chi connectivity index (χ0v) is 7.76. The molecule has 0 atom stereocenters. The highest BCUT2D eigenvalue weighted by atomic mass is 19.1. The highest BCUT2D eigenvalue weighted by molar-refractivity contribution is 5.06. The van der Waals surface area contributed by atoms with Crippen molar-refractivity contribution in [2.24, 2.45) is 0 Å². The largest absolute Gasteiger partial charge is 0.314 e. The van der Waals surface area contributed by atoms with Crippen LogP contribution in [0.15, 0.2) is 18.3 Å². The van der Waals surface area contributed by atoms with Crippen LogP contribution in [0.25, 0.3) is 0 Å². The lowest BCUT2D eigenvalue weighted by Gasteiger charge is -1.98. The van der Waals surface area contributed by atoms with E-state index in [0.29, 0.717) is 12.2 Å². The van der Waals surface area contributed by atoms with Crippen molar-refractivity contribution < 1.29 is 4.39 Å². The van der Waals surface area contributed by atoms with Crippen molar-refractivity contribution in [1.82, 2.24) is 10.3 Å². The van der Waals surface area contributed by atoms with Gasteiger partial charge in [0, 0.05) is 12.7 Å². The molecular weight excluding hydrogens is 155 g/mol. The van der Waals surface area contributed by atoms with Gasteiger partial charge in [-0.05, 0) is 19.2 Å². The molecule has 0 bridgehead atoms. The number of nitrogens with zero attached hydrogens (tertiary/aromatic N) is 1. The molecule has 0 aromatic carbocycles. The summed E-state index contributed by atoms with van der Waals surface area (Å²) in [6.07, 6.45) is 1.58. The standard InChI is InChI=1S/C7H9FN2.C2H6/c1-9-5-7-6(8)3-2-4-10-7;1-2/h2-4,9H,5H2,1H3;1-2H3. The van der Waals surface area contributed by atoms with Gasteiger partial charge in [0.2, 0.25) is 0 Å². The minimum absolute atomic E-state index is 0.253. The molecule has 1 heterocycles. The summed E-state index contributed by atoms with van der Waals surface area (Å²) in [5.74, 6) is -0.253. The average molecular weight is 170 g/mol. The first-order valence-corrected chi connectivity index (χ1v) is 4.08. The van der Waals surface area contributed by atoms with Gasteiger partial charge >= 0.3 is 0 Å². The monoisotopic (exact) mass is 170 g/mol. The fraction of sp³-hybridized carbons (Fsp3) is 0.444. The summed E-state index contributed by atoms with van der Waals surface area (Å²) >= 11 is 0. The van der Waals surface area contributed by atoms with E-state index in [1.165, 1.54) is 6.07 Å². The minimum atomic E-state index is -0.253. The number of aromatic nitrogens is 1. The Morgan fingerprint density at radius 1 is 1.50 bits per heavy atom. The van der Waals surface area contributed by atoms with Gasteiger partial charge in [0.05, 0.1) is 5.69 Å². The van der Waals surface area contributed by atoms with E-state index in [0.717, 1.165) is 0 Å². The Hall–Kier alpha value is -0.960. The fourth-order valence-electron chi connectivity index (χ4n) is 0.716. The predicted molar refractivity (Wildman–Crippen MR) is 48.3 cm³/mol. The van der Waals surface area contributed by atoms with Crippen molar-refractivity contribution in [3.05, 3.63) is 29.8 Å². The first kappa shape index (κ1) is 11.0. The zero-order valence-electron chi connectivity index (χ0n) is 7.76. The molecule has 0 radical (unpaired) electrons. The van der Waals surface area contributed by atoms with Gasteiger partial charge in [-0.25, -0.2) is 4.39 Å². The lowest BCUT2D eigenvalue weighted by molar-refractivity contribution is 0.588. The summed E-state index contributed by atoms with van der Waals surface area (Å²) in [5.41, 5.74) is 0.463. The SMILES string of the molecule is CC.CNCc1ncccc1F.